The van der Waals surface area contributed by atoms with Crippen LogP contribution in [-0.4, -0.2) is 42.1 Å². The van der Waals surface area contributed by atoms with Gasteiger partial charge in [0.25, 0.3) is 0 Å². The number of halogens is 1. The van der Waals surface area contributed by atoms with Crippen LogP contribution in [0.1, 0.15) is 13.3 Å². The maximum absolute atomic E-state index is 9.73. The lowest BCUT2D eigenvalue weighted by Gasteiger charge is -2.17. The average molecular weight is 318 g/mol. The normalized spacial score (nSPS) is 14.2. The molecule has 0 aliphatic rings. The van der Waals surface area contributed by atoms with Crippen molar-refractivity contribution in [2.24, 2.45) is 0 Å². The van der Waals surface area contributed by atoms with E-state index in [0.29, 0.717) is 6.54 Å². The van der Waals surface area contributed by atoms with Crippen molar-refractivity contribution in [3.05, 3.63) is 28.7 Å². The molecule has 0 radical (unpaired) electrons. The summed E-state index contributed by atoms with van der Waals surface area (Å²) in [5, 5.41) is 21.8. The summed E-state index contributed by atoms with van der Waals surface area (Å²) in [4.78, 5) is 0. The molecule has 0 aromatic heterocycles. The van der Waals surface area contributed by atoms with Crippen LogP contribution in [0.4, 0.5) is 0 Å². The Kier molecular flexibility index (Phi) is 7.27. The van der Waals surface area contributed by atoms with Gasteiger partial charge >= 0.3 is 0 Å². The topological polar surface area (TPSA) is 61.7 Å². The Morgan fingerprint density at radius 1 is 1.33 bits per heavy atom. The number of hydrogen-bond donors (Lipinski definition) is 3. The predicted molar refractivity (Wildman–Crippen MR) is 74.8 cm³/mol. The van der Waals surface area contributed by atoms with E-state index in [2.05, 4.69) is 21.2 Å². The molecule has 4 nitrogen and oxygen atoms in total. The Morgan fingerprint density at radius 2 is 2.00 bits per heavy atom. The van der Waals surface area contributed by atoms with Gasteiger partial charge in [-0.2, -0.15) is 0 Å². The lowest BCUT2D eigenvalue weighted by molar-refractivity contribution is 0.0995. The Hall–Kier alpha value is -0.620. The second kappa shape index (κ2) is 8.48. The minimum absolute atomic E-state index is 0.0346. The van der Waals surface area contributed by atoms with Gasteiger partial charge in [-0.05, 0) is 30.7 Å². The molecule has 3 N–H and O–H groups in total. The van der Waals surface area contributed by atoms with E-state index in [1.165, 1.54) is 0 Å². The standard InChI is InChI=1S/C13H20BrNO3/c1-2-11(8-16)15-7-12(17)9-18-13-5-3-10(14)4-6-13/h3-6,11-12,15-17H,2,7-9H2,1H3/t11-,12+/m0/s1. The molecular formula is C13H20BrNO3. The van der Waals surface area contributed by atoms with Crippen LogP contribution < -0.4 is 10.1 Å². The minimum atomic E-state index is -0.589. The van der Waals surface area contributed by atoms with Crippen molar-refractivity contribution in [3.8, 4) is 5.75 Å². The summed E-state index contributed by atoms with van der Waals surface area (Å²) < 4.78 is 6.44. The average Bonchev–Trinajstić information content (AvgIpc) is 2.39. The highest BCUT2D eigenvalue weighted by Gasteiger charge is 2.09. The quantitative estimate of drug-likeness (QED) is 0.681. The van der Waals surface area contributed by atoms with E-state index >= 15 is 0 Å². The largest absolute Gasteiger partial charge is 0.491 e. The lowest BCUT2D eigenvalue weighted by atomic mass is 10.2. The van der Waals surface area contributed by atoms with Gasteiger partial charge in [-0.25, -0.2) is 0 Å². The molecule has 0 unspecified atom stereocenters. The van der Waals surface area contributed by atoms with Gasteiger partial charge in [0, 0.05) is 17.1 Å². The highest BCUT2D eigenvalue weighted by atomic mass is 79.9. The predicted octanol–water partition coefficient (Wildman–Crippen LogP) is 1.55. The molecule has 5 heteroatoms. The van der Waals surface area contributed by atoms with Crippen molar-refractivity contribution in [3.63, 3.8) is 0 Å². The van der Waals surface area contributed by atoms with Gasteiger partial charge in [0.05, 0.1) is 6.61 Å². The molecule has 0 heterocycles. The number of aliphatic hydroxyl groups excluding tert-OH is 2. The maximum Gasteiger partial charge on any atom is 0.119 e. The summed E-state index contributed by atoms with van der Waals surface area (Å²) in [6.45, 7) is 2.71. The second-order valence-corrected chi connectivity index (χ2v) is 5.03. The van der Waals surface area contributed by atoms with E-state index < -0.39 is 6.10 Å². The van der Waals surface area contributed by atoms with E-state index in [-0.39, 0.29) is 19.3 Å². The zero-order valence-electron chi connectivity index (χ0n) is 10.5. The molecular weight excluding hydrogens is 298 g/mol. The van der Waals surface area contributed by atoms with E-state index in [4.69, 9.17) is 9.84 Å². The van der Waals surface area contributed by atoms with Crippen LogP contribution >= 0.6 is 15.9 Å². The summed E-state index contributed by atoms with van der Waals surface area (Å²) in [6, 6.07) is 7.49. The summed E-state index contributed by atoms with van der Waals surface area (Å²) in [6.07, 6.45) is 0.241. The molecule has 0 fully saturated rings. The van der Waals surface area contributed by atoms with Gasteiger partial charge in [0.2, 0.25) is 0 Å². The minimum Gasteiger partial charge on any atom is -0.491 e. The first kappa shape index (κ1) is 15.4. The smallest absolute Gasteiger partial charge is 0.119 e. The van der Waals surface area contributed by atoms with Crippen molar-refractivity contribution in [1.82, 2.24) is 5.32 Å². The molecule has 1 aromatic carbocycles. The van der Waals surface area contributed by atoms with Crippen LogP contribution in [0.15, 0.2) is 28.7 Å². The van der Waals surface area contributed by atoms with Gasteiger partial charge in [-0.3, -0.25) is 0 Å². The third-order valence-electron chi connectivity index (χ3n) is 2.61. The Labute approximate surface area is 116 Å². The molecule has 0 aliphatic heterocycles. The monoisotopic (exact) mass is 317 g/mol. The van der Waals surface area contributed by atoms with Crippen LogP contribution in [0.2, 0.25) is 0 Å². The van der Waals surface area contributed by atoms with Crippen molar-refractivity contribution >= 4 is 15.9 Å². The van der Waals surface area contributed by atoms with Crippen LogP contribution in [0.5, 0.6) is 5.75 Å². The van der Waals surface area contributed by atoms with E-state index in [0.717, 1.165) is 16.6 Å². The number of nitrogens with one attached hydrogen (secondary N) is 1. The number of aliphatic hydroxyl groups is 2. The molecule has 0 spiro atoms. The second-order valence-electron chi connectivity index (χ2n) is 4.11. The molecule has 0 saturated carbocycles. The van der Waals surface area contributed by atoms with Gasteiger partial charge in [0.15, 0.2) is 0 Å². The molecule has 18 heavy (non-hydrogen) atoms. The maximum atomic E-state index is 9.73. The zero-order chi connectivity index (χ0) is 13.4. The fourth-order valence-electron chi connectivity index (χ4n) is 1.42. The highest BCUT2D eigenvalue weighted by molar-refractivity contribution is 9.10. The van der Waals surface area contributed by atoms with E-state index in [9.17, 15) is 5.11 Å². The fraction of sp³-hybridized carbons (Fsp3) is 0.538. The van der Waals surface area contributed by atoms with Crippen LogP contribution in [-0.2, 0) is 0 Å². The zero-order valence-corrected chi connectivity index (χ0v) is 12.1. The summed E-state index contributed by atoms with van der Waals surface area (Å²) in [5.41, 5.74) is 0. The first-order chi connectivity index (χ1) is 8.65. The summed E-state index contributed by atoms with van der Waals surface area (Å²) >= 11 is 3.34. The molecule has 2 atom stereocenters. The SMILES string of the molecule is CC[C@@H](CO)NC[C@@H](O)COc1ccc(Br)cc1. The molecule has 1 rings (SSSR count). The third-order valence-corrected chi connectivity index (χ3v) is 3.14. The number of benzene rings is 1. The number of ether oxygens (including phenoxy) is 1. The highest BCUT2D eigenvalue weighted by Crippen LogP contribution is 2.16. The third kappa shape index (κ3) is 5.82. The van der Waals surface area contributed by atoms with Gasteiger partial charge < -0.3 is 20.3 Å². The first-order valence-corrected chi connectivity index (χ1v) is 6.85. The van der Waals surface area contributed by atoms with Crippen molar-refractivity contribution < 1.29 is 14.9 Å². The van der Waals surface area contributed by atoms with Gasteiger partial charge in [0.1, 0.15) is 18.5 Å². The Morgan fingerprint density at radius 3 is 2.56 bits per heavy atom. The van der Waals surface area contributed by atoms with Crippen molar-refractivity contribution in [2.45, 2.75) is 25.5 Å². The first-order valence-electron chi connectivity index (χ1n) is 6.06. The molecule has 0 amide bonds. The van der Waals surface area contributed by atoms with Crippen LogP contribution in [0.25, 0.3) is 0 Å². The van der Waals surface area contributed by atoms with E-state index in [1.54, 1.807) is 0 Å². The van der Waals surface area contributed by atoms with Crippen LogP contribution in [0, 0.1) is 0 Å². The van der Waals surface area contributed by atoms with E-state index in [1.807, 2.05) is 31.2 Å². The number of hydrogen-bond acceptors (Lipinski definition) is 4. The molecule has 0 bridgehead atoms. The summed E-state index contributed by atoms with van der Waals surface area (Å²) in [5.74, 6) is 0.728. The fourth-order valence-corrected chi connectivity index (χ4v) is 1.69. The number of rotatable bonds is 8. The molecule has 102 valence electrons. The van der Waals surface area contributed by atoms with Gasteiger partial charge in [-0.15, -0.1) is 0 Å². The van der Waals surface area contributed by atoms with Crippen molar-refractivity contribution in [1.29, 1.82) is 0 Å². The summed E-state index contributed by atoms with van der Waals surface area (Å²) in [7, 11) is 0. The van der Waals surface area contributed by atoms with Crippen molar-refractivity contribution in [2.75, 3.05) is 19.8 Å². The van der Waals surface area contributed by atoms with Crippen LogP contribution in [0.3, 0.4) is 0 Å². The lowest BCUT2D eigenvalue weighted by Crippen LogP contribution is -2.39. The molecule has 0 aliphatic carbocycles. The molecule has 1 aromatic rings. The Balaban J connectivity index is 2.24. The Bertz CT molecular complexity index is 328. The van der Waals surface area contributed by atoms with Gasteiger partial charge in [-0.1, -0.05) is 22.9 Å². The molecule has 0 saturated heterocycles.